The van der Waals surface area contributed by atoms with Crippen LogP contribution in [-0.2, 0) is 11.2 Å². The highest BCUT2D eigenvalue weighted by Gasteiger charge is 2.11. The van der Waals surface area contributed by atoms with Gasteiger partial charge in [0.05, 0.1) is 20.2 Å². The maximum atomic E-state index is 11.8. The molecule has 0 bridgehead atoms. The second-order valence-corrected chi connectivity index (χ2v) is 2.06. The van der Waals surface area contributed by atoms with E-state index < -0.39 is 12.6 Å². The highest BCUT2D eigenvalue weighted by atomic mass is 19.1. The molecule has 0 amide bonds. The molecule has 1 heterocycles. The van der Waals surface area contributed by atoms with Gasteiger partial charge in [0.2, 0.25) is 0 Å². The molecule has 0 aliphatic rings. The van der Waals surface area contributed by atoms with Gasteiger partial charge in [0.25, 0.3) is 0 Å². The normalized spacial score (nSPS) is 9.83. The first-order chi connectivity index (χ1) is 5.77. The van der Waals surface area contributed by atoms with Gasteiger partial charge in [-0.1, -0.05) is 0 Å². The molecular weight excluding hydrogens is 165 g/mol. The predicted molar refractivity (Wildman–Crippen MR) is 37.5 cm³/mol. The summed E-state index contributed by atoms with van der Waals surface area (Å²) in [6.07, 6.45) is 1.23. The fourth-order valence-electron chi connectivity index (χ4n) is 0.705. The second-order valence-electron chi connectivity index (χ2n) is 2.06. The first kappa shape index (κ1) is 8.70. The van der Waals surface area contributed by atoms with Crippen molar-refractivity contribution in [3.63, 3.8) is 0 Å². The predicted octanol–water partition coefficient (Wildman–Crippen LogP) is 0.973. The number of aromatic nitrogens is 1. The van der Waals surface area contributed by atoms with E-state index >= 15 is 0 Å². The van der Waals surface area contributed by atoms with Gasteiger partial charge in [0.15, 0.2) is 11.6 Å². The minimum absolute atomic E-state index is 0.0703. The summed E-state index contributed by atoms with van der Waals surface area (Å²) >= 11 is 0. The maximum absolute atomic E-state index is 11.8. The Morgan fingerprint density at radius 3 is 3.17 bits per heavy atom. The molecule has 5 heteroatoms. The van der Waals surface area contributed by atoms with Crippen LogP contribution >= 0.6 is 0 Å². The number of nitrogens with zero attached hydrogens (tertiary/aromatic N) is 1. The van der Waals surface area contributed by atoms with Crippen LogP contribution in [-0.4, -0.2) is 24.7 Å². The van der Waals surface area contributed by atoms with Crippen molar-refractivity contribution in [1.82, 2.24) is 4.98 Å². The van der Waals surface area contributed by atoms with Crippen molar-refractivity contribution in [1.29, 1.82) is 0 Å². The van der Waals surface area contributed by atoms with E-state index in [0.717, 1.165) is 6.26 Å². The molecule has 1 rings (SSSR count). The second kappa shape index (κ2) is 3.85. The Hall–Kier alpha value is -1.39. The first-order valence-electron chi connectivity index (χ1n) is 3.36. The number of alkyl halides is 1. The molecule has 0 atom stereocenters. The van der Waals surface area contributed by atoms with E-state index in [0.29, 0.717) is 0 Å². The van der Waals surface area contributed by atoms with E-state index in [4.69, 9.17) is 4.42 Å². The van der Waals surface area contributed by atoms with Crippen LogP contribution in [0.2, 0.25) is 0 Å². The number of halogens is 1. The van der Waals surface area contributed by atoms with Gasteiger partial charge in [-0.25, -0.2) is 9.78 Å². The summed E-state index contributed by atoms with van der Waals surface area (Å²) in [6.45, 7) is -0.554. The maximum Gasteiger partial charge on any atom is 0.360 e. The molecule has 0 saturated carbocycles. The number of rotatable bonds is 3. The monoisotopic (exact) mass is 173 g/mol. The van der Waals surface area contributed by atoms with Crippen molar-refractivity contribution in [3.05, 3.63) is 17.8 Å². The summed E-state index contributed by atoms with van der Waals surface area (Å²) in [5.74, 6) is -0.373. The number of carbonyl (C=O) groups is 1. The van der Waals surface area contributed by atoms with Crippen LogP contribution in [0, 0.1) is 0 Å². The van der Waals surface area contributed by atoms with Crippen molar-refractivity contribution < 1.29 is 18.3 Å². The lowest BCUT2D eigenvalue weighted by Crippen LogP contribution is -2.01. The minimum atomic E-state index is -0.580. The highest BCUT2D eigenvalue weighted by Crippen LogP contribution is 2.03. The summed E-state index contributed by atoms with van der Waals surface area (Å²) in [5, 5.41) is 0. The molecule has 0 saturated heterocycles. The molecular formula is C7H8FNO3. The first-order valence-corrected chi connectivity index (χ1v) is 3.36. The lowest BCUT2D eigenvalue weighted by atomic mass is 10.4. The van der Waals surface area contributed by atoms with E-state index in [1.165, 1.54) is 7.11 Å². The van der Waals surface area contributed by atoms with E-state index in [1.807, 2.05) is 0 Å². The van der Waals surface area contributed by atoms with Gasteiger partial charge in [0, 0.05) is 0 Å². The SMILES string of the molecule is COC(=O)c1coc(CCF)n1. The van der Waals surface area contributed by atoms with Crippen molar-refractivity contribution in [2.75, 3.05) is 13.8 Å². The Morgan fingerprint density at radius 1 is 1.83 bits per heavy atom. The van der Waals surface area contributed by atoms with Gasteiger partial charge in [-0.3, -0.25) is 4.39 Å². The Kier molecular flexibility index (Phi) is 2.79. The summed E-state index contributed by atoms with van der Waals surface area (Å²) < 4.78 is 20.9. The third-order valence-corrected chi connectivity index (χ3v) is 1.25. The van der Waals surface area contributed by atoms with Gasteiger partial charge in [0.1, 0.15) is 6.26 Å². The largest absolute Gasteiger partial charge is 0.464 e. The third kappa shape index (κ3) is 1.81. The van der Waals surface area contributed by atoms with Gasteiger partial charge >= 0.3 is 5.97 Å². The van der Waals surface area contributed by atoms with Crippen LogP contribution in [0.3, 0.4) is 0 Å². The number of carbonyl (C=O) groups excluding carboxylic acids is 1. The molecule has 0 fully saturated rings. The number of esters is 1. The smallest absolute Gasteiger partial charge is 0.360 e. The molecule has 1 aromatic rings. The number of hydrogen-bond donors (Lipinski definition) is 0. The van der Waals surface area contributed by atoms with Gasteiger partial charge in [-0.05, 0) is 0 Å². The topological polar surface area (TPSA) is 52.3 Å². The van der Waals surface area contributed by atoms with Crippen molar-refractivity contribution in [2.24, 2.45) is 0 Å². The third-order valence-electron chi connectivity index (χ3n) is 1.25. The molecule has 0 spiro atoms. The molecule has 0 aromatic carbocycles. The van der Waals surface area contributed by atoms with E-state index in [-0.39, 0.29) is 18.0 Å². The lowest BCUT2D eigenvalue weighted by molar-refractivity contribution is 0.0594. The Morgan fingerprint density at radius 2 is 2.58 bits per heavy atom. The molecule has 1 aromatic heterocycles. The van der Waals surface area contributed by atoms with Crippen LogP contribution in [0.15, 0.2) is 10.7 Å². The molecule has 66 valence electrons. The molecule has 4 nitrogen and oxygen atoms in total. The number of oxazole rings is 1. The molecule has 0 radical (unpaired) electrons. The van der Waals surface area contributed by atoms with Crippen LogP contribution in [0.25, 0.3) is 0 Å². The average molecular weight is 173 g/mol. The summed E-state index contributed by atoms with van der Waals surface area (Å²) in [5.41, 5.74) is 0.0703. The molecule has 12 heavy (non-hydrogen) atoms. The summed E-state index contributed by atoms with van der Waals surface area (Å²) in [4.78, 5) is 14.5. The van der Waals surface area contributed by atoms with Crippen LogP contribution in [0.4, 0.5) is 4.39 Å². The van der Waals surface area contributed by atoms with E-state index in [2.05, 4.69) is 9.72 Å². The van der Waals surface area contributed by atoms with Crippen molar-refractivity contribution in [3.8, 4) is 0 Å². The lowest BCUT2D eigenvalue weighted by Gasteiger charge is -1.89. The van der Waals surface area contributed by atoms with Crippen LogP contribution in [0.5, 0.6) is 0 Å². The molecule has 0 aliphatic heterocycles. The van der Waals surface area contributed by atoms with Crippen LogP contribution < -0.4 is 0 Å². The van der Waals surface area contributed by atoms with Crippen molar-refractivity contribution in [2.45, 2.75) is 6.42 Å². The highest BCUT2D eigenvalue weighted by molar-refractivity contribution is 5.86. The van der Waals surface area contributed by atoms with E-state index in [9.17, 15) is 9.18 Å². The fraction of sp³-hybridized carbons (Fsp3) is 0.429. The zero-order chi connectivity index (χ0) is 8.97. The van der Waals surface area contributed by atoms with Gasteiger partial charge in [-0.2, -0.15) is 0 Å². The minimum Gasteiger partial charge on any atom is -0.464 e. The molecule has 0 aliphatic carbocycles. The molecule has 0 unspecified atom stereocenters. The van der Waals surface area contributed by atoms with Crippen molar-refractivity contribution >= 4 is 5.97 Å². The quantitative estimate of drug-likeness (QED) is 0.639. The van der Waals surface area contributed by atoms with Crippen LogP contribution in [0.1, 0.15) is 16.4 Å². The summed E-state index contributed by atoms with van der Waals surface area (Å²) in [7, 11) is 1.24. The van der Waals surface area contributed by atoms with E-state index in [1.54, 1.807) is 0 Å². The van der Waals surface area contributed by atoms with Gasteiger partial charge in [-0.15, -0.1) is 0 Å². The Balaban J connectivity index is 2.70. The number of ether oxygens (including phenoxy) is 1. The number of methoxy groups -OCH3 is 1. The zero-order valence-corrected chi connectivity index (χ0v) is 6.54. The average Bonchev–Trinajstić information content (AvgIpc) is 2.52. The summed E-state index contributed by atoms with van der Waals surface area (Å²) in [6, 6.07) is 0. The fourth-order valence-corrected chi connectivity index (χ4v) is 0.705. The zero-order valence-electron chi connectivity index (χ0n) is 6.54. The van der Waals surface area contributed by atoms with Gasteiger partial charge < -0.3 is 9.15 Å². The number of aryl methyl sites for hydroxylation is 1. The molecule has 0 N–H and O–H groups in total. The Labute approximate surface area is 68.3 Å². The Bertz CT molecular complexity index is 271. The number of hydrogen-bond acceptors (Lipinski definition) is 4. The standard InChI is InChI=1S/C7H8FNO3/c1-11-7(10)5-4-12-6(9-5)2-3-8/h4H,2-3H2,1H3.